The Kier molecular flexibility index (Phi) is 2.86. The smallest absolute Gasteiger partial charge is 0.410 e. The number of nitrogens with zero attached hydrogens (tertiary/aromatic N) is 1. The molecule has 2 heterocycles. The third-order valence-electron chi connectivity index (χ3n) is 3.34. The number of rotatable bonds is 0. The van der Waals surface area contributed by atoms with Crippen LogP contribution in [0.2, 0.25) is 0 Å². The highest BCUT2D eigenvalue weighted by Crippen LogP contribution is 2.30. The molecule has 0 bridgehead atoms. The summed E-state index contributed by atoms with van der Waals surface area (Å²) in [7, 11) is 0. The lowest BCUT2D eigenvalue weighted by Gasteiger charge is -2.27. The van der Waals surface area contributed by atoms with E-state index in [0.717, 1.165) is 26.1 Å². The standard InChI is InChI=1S/C12H22N2O2/c1-11(2,3)16-10(15)14-8-6-12(9-14)5-4-7-13-12/h13H,4-9H2,1-3H3/t12-/m1/s1. The molecule has 1 atom stereocenters. The van der Waals surface area contributed by atoms with Crippen LogP contribution in [-0.4, -0.2) is 41.8 Å². The largest absolute Gasteiger partial charge is 0.444 e. The first kappa shape index (κ1) is 11.7. The lowest BCUT2D eigenvalue weighted by Crippen LogP contribution is -2.44. The molecule has 0 unspecified atom stereocenters. The average molecular weight is 226 g/mol. The number of carbonyl (C=O) groups excluding carboxylic acids is 1. The first-order chi connectivity index (χ1) is 7.40. The van der Waals surface area contributed by atoms with Gasteiger partial charge in [0, 0.05) is 18.6 Å². The summed E-state index contributed by atoms with van der Waals surface area (Å²) in [5.74, 6) is 0. The molecule has 1 spiro atoms. The van der Waals surface area contributed by atoms with Crippen molar-refractivity contribution >= 4 is 6.09 Å². The van der Waals surface area contributed by atoms with Crippen LogP contribution < -0.4 is 5.32 Å². The van der Waals surface area contributed by atoms with Crippen LogP contribution in [0.5, 0.6) is 0 Å². The van der Waals surface area contributed by atoms with E-state index in [1.165, 1.54) is 12.8 Å². The summed E-state index contributed by atoms with van der Waals surface area (Å²) in [6.45, 7) is 8.44. The first-order valence-electron chi connectivity index (χ1n) is 6.13. The van der Waals surface area contributed by atoms with Crippen LogP contribution in [0.25, 0.3) is 0 Å². The van der Waals surface area contributed by atoms with E-state index in [2.05, 4.69) is 5.32 Å². The Hall–Kier alpha value is -0.770. The van der Waals surface area contributed by atoms with E-state index in [0.29, 0.717) is 0 Å². The SMILES string of the molecule is CC(C)(C)OC(=O)N1CC[C@]2(CCCN2)C1. The summed E-state index contributed by atoms with van der Waals surface area (Å²) >= 11 is 0. The van der Waals surface area contributed by atoms with Crippen LogP contribution in [0.15, 0.2) is 0 Å². The fourth-order valence-corrected chi connectivity index (χ4v) is 2.57. The highest BCUT2D eigenvalue weighted by atomic mass is 16.6. The molecule has 4 heteroatoms. The molecule has 1 N–H and O–H groups in total. The zero-order valence-corrected chi connectivity index (χ0v) is 10.5. The van der Waals surface area contributed by atoms with Gasteiger partial charge < -0.3 is 15.0 Å². The number of likely N-dealkylation sites (tertiary alicyclic amines) is 1. The summed E-state index contributed by atoms with van der Waals surface area (Å²) in [6, 6.07) is 0. The van der Waals surface area contributed by atoms with Crippen LogP contribution >= 0.6 is 0 Å². The Bertz CT molecular complexity index is 277. The maximum atomic E-state index is 11.9. The molecule has 2 saturated heterocycles. The maximum absolute atomic E-state index is 11.9. The van der Waals surface area contributed by atoms with Gasteiger partial charge in [-0.05, 0) is 46.6 Å². The van der Waals surface area contributed by atoms with Crippen molar-refractivity contribution in [3.63, 3.8) is 0 Å². The number of amides is 1. The highest BCUT2D eigenvalue weighted by molar-refractivity contribution is 5.68. The molecule has 2 aliphatic heterocycles. The van der Waals surface area contributed by atoms with Gasteiger partial charge in [0.2, 0.25) is 0 Å². The predicted molar refractivity (Wildman–Crippen MR) is 62.4 cm³/mol. The quantitative estimate of drug-likeness (QED) is 0.684. The van der Waals surface area contributed by atoms with Gasteiger partial charge in [-0.1, -0.05) is 0 Å². The van der Waals surface area contributed by atoms with Crippen LogP contribution in [0.4, 0.5) is 4.79 Å². The summed E-state index contributed by atoms with van der Waals surface area (Å²) in [5, 5.41) is 3.53. The van der Waals surface area contributed by atoms with E-state index >= 15 is 0 Å². The van der Waals surface area contributed by atoms with Gasteiger partial charge in [0.05, 0.1) is 0 Å². The molecule has 0 saturated carbocycles. The van der Waals surface area contributed by atoms with Gasteiger partial charge in [0.1, 0.15) is 5.60 Å². The van der Waals surface area contributed by atoms with E-state index < -0.39 is 5.60 Å². The van der Waals surface area contributed by atoms with E-state index in [4.69, 9.17) is 4.74 Å². The summed E-state index contributed by atoms with van der Waals surface area (Å²) < 4.78 is 5.38. The van der Waals surface area contributed by atoms with E-state index in [1.807, 2.05) is 25.7 Å². The number of nitrogens with one attached hydrogen (secondary N) is 1. The third-order valence-corrected chi connectivity index (χ3v) is 3.34. The van der Waals surface area contributed by atoms with Gasteiger partial charge in [0.15, 0.2) is 0 Å². The molecule has 92 valence electrons. The fourth-order valence-electron chi connectivity index (χ4n) is 2.57. The van der Waals surface area contributed by atoms with E-state index in [1.54, 1.807) is 0 Å². The third kappa shape index (κ3) is 2.48. The van der Waals surface area contributed by atoms with Crippen molar-refractivity contribution in [2.75, 3.05) is 19.6 Å². The molecule has 2 aliphatic rings. The van der Waals surface area contributed by atoms with Crippen molar-refractivity contribution in [3.8, 4) is 0 Å². The van der Waals surface area contributed by atoms with Crippen LogP contribution in [-0.2, 0) is 4.74 Å². The fraction of sp³-hybridized carbons (Fsp3) is 0.917. The van der Waals surface area contributed by atoms with E-state index in [9.17, 15) is 4.79 Å². The second-order valence-electron chi connectivity index (χ2n) is 5.96. The monoisotopic (exact) mass is 226 g/mol. The highest BCUT2D eigenvalue weighted by Gasteiger charge is 2.42. The number of carbonyl (C=O) groups is 1. The molecule has 0 radical (unpaired) electrons. The molecular formula is C12H22N2O2. The van der Waals surface area contributed by atoms with Gasteiger partial charge in [-0.15, -0.1) is 0 Å². The molecule has 2 rings (SSSR count). The van der Waals surface area contributed by atoms with E-state index in [-0.39, 0.29) is 11.6 Å². The van der Waals surface area contributed by atoms with Crippen molar-refractivity contribution in [2.24, 2.45) is 0 Å². The molecule has 1 amide bonds. The predicted octanol–water partition coefficient (Wildman–Crippen LogP) is 1.75. The van der Waals surface area contributed by atoms with Gasteiger partial charge in [-0.2, -0.15) is 0 Å². The second-order valence-corrected chi connectivity index (χ2v) is 5.96. The number of hydrogen-bond donors (Lipinski definition) is 1. The Morgan fingerprint density at radius 2 is 2.12 bits per heavy atom. The normalized spacial score (nSPS) is 30.1. The topological polar surface area (TPSA) is 41.6 Å². The van der Waals surface area contributed by atoms with Gasteiger partial charge in [-0.3, -0.25) is 0 Å². The minimum atomic E-state index is -0.393. The Morgan fingerprint density at radius 1 is 1.38 bits per heavy atom. The second kappa shape index (κ2) is 3.91. The van der Waals surface area contributed by atoms with Crippen molar-refractivity contribution in [1.29, 1.82) is 0 Å². The Morgan fingerprint density at radius 3 is 2.69 bits per heavy atom. The summed E-state index contributed by atoms with van der Waals surface area (Å²) in [6.07, 6.45) is 3.30. The van der Waals surface area contributed by atoms with Crippen molar-refractivity contribution < 1.29 is 9.53 Å². The summed E-state index contributed by atoms with van der Waals surface area (Å²) in [4.78, 5) is 13.7. The van der Waals surface area contributed by atoms with Crippen molar-refractivity contribution in [3.05, 3.63) is 0 Å². The van der Waals surface area contributed by atoms with Crippen LogP contribution in [0, 0.1) is 0 Å². The van der Waals surface area contributed by atoms with Gasteiger partial charge in [-0.25, -0.2) is 4.79 Å². The van der Waals surface area contributed by atoms with Crippen molar-refractivity contribution in [2.45, 2.75) is 51.2 Å². The molecule has 0 aromatic heterocycles. The van der Waals surface area contributed by atoms with Crippen molar-refractivity contribution in [1.82, 2.24) is 10.2 Å². The lowest BCUT2D eigenvalue weighted by atomic mass is 9.97. The molecular weight excluding hydrogens is 204 g/mol. The minimum Gasteiger partial charge on any atom is -0.444 e. The van der Waals surface area contributed by atoms with Crippen LogP contribution in [0.1, 0.15) is 40.0 Å². The molecule has 0 aliphatic carbocycles. The first-order valence-corrected chi connectivity index (χ1v) is 6.13. The number of hydrogen-bond acceptors (Lipinski definition) is 3. The maximum Gasteiger partial charge on any atom is 0.410 e. The van der Waals surface area contributed by atoms with Gasteiger partial charge in [0.25, 0.3) is 0 Å². The van der Waals surface area contributed by atoms with Gasteiger partial charge >= 0.3 is 6.09 Å². The average Bonchev–Trinajstić information content (AvgIpc) is 2.74. The Balaban J connectivity index is 1.91. The minimum absolute atomic E-state index is 0.168. The van der Waals surface area contributed by atoms with Crippen LogP contribution in [0.3, 0.4) is 0 Å². The molecule has 2 fully saturated rings. The summed E-state index contributed by atoms with van der Waals surface area (Å²) in [5.41, 5.74) is -0.202. The zero-order chi connectivity index (χ0) is 11.8. The molecule has 0 aromatic rings. The zero-order valence-electron chi connectivity index (χ0n) is 10.5. The molecule has 4 nitrogen and oxygen atoms in total. The Labute approximate surface area is 97.3 Å². The molecule has 0 aromatic carbocycles. The molecule has 16 heavy (non-hydrogen) atoms. The number of ether oxygens (including phenoxy) is 1. The lowest BCUT2D eigenvalue weighted by molar-refractivity contribution is 0.0282.